The third-order valence-electron chi connectivity index (χ3n) is 2.92. The summed E-state index contributed by atoms with van der Waals surface area (Å²) in [4.78, 5) is 2.04. The second-order valence-corrected chi connectivity index (χ2v) is 4.35. The number of likely N-dealkylation sites (tertiary alicyclic amines) is 1. The third-order valence-corrected chi connectivity index (χ3v) is 3.34. The number of nitriles is 1. The molecule has 0 radical (unpaired) electrons. The maximum Gasteiger partial charge on any atom is 0.142 e. The Kier molecular flexibility index (Phi) is 3.42. The second-order valence-electron chi connectivity index (χ2n) is 3.97. The Hall–Kier alpha value is -1.11. The van der Waals surface area contributed by atoms with Gasteiger partial charge in [-0.3, -0.25) is 4.90 Å². The normalized spacial score (nSPS) is 20.9. The lowest BCUT2D eigenvalue weighted by Gasteiger charge is -2.19. The lowest BCUT2D eigenvalue weighted by Crippen LogP contribution is -2.27. The first-order valence-corrected chi connectivity index (χ1v) is 5.66. The van der Waals surface area contributed by atoms with Crippen LogP contribution in [0.25, 0.3) is 0 Å². The van der Waals surface area contributed by atoms with E-state index in [0.29, 0.717) is 6.54 Å². The second kappa shape index (κ2) is 4.82. The molecule has 0 saturated carbocycles. The van der Waals surface area contributed by atoms with Gasteiger partial charge in [0.05, 0.1) is 17.1 Å². The first kappa shape index (κ1) is 11.4. The summed E-state index contributed by atoms with van der Waals surface area (Å²) in [5, 5.41) is 9.11. The summed E-state index contributed by atoms with van der Waals surface area (Å²) in [6.07, 6.45) is 1.91. The topological polar surface area (TPSA) is 27.0 Å². The quantitative estimate of drug-likeness (QED) is 0.792. The van der Waals surface area contributed by atoms with Crippen LogP contribution in [0.5, 0.6) is 0 Å². The minimum Gasteiger partial charge on any atom is -0.284 e. The number of hydrogen-bond donors (Lipinski definition) is 0. The number of halogens is 2. The Morgan fingerprint density at radius 1 is 1.56 bits per heavy atom. The Balaban J connectivity index is 2.15. The van der Waals surface area contributed by atoms with Crippen molar-refractivity contribution in [3.63, 3.8) is 0 Å². The minimum absolute atomic E-state index is 0.0562. The molecule has 0 spiro atoms. The van der Waals surface area contributed by atoms with Crippen LogP contribution >= 0.6 is 11.6 Å². The van der Waals surface area contributed by atoms with Gasteiger partial charge in [-0.2, -0.15) is 5.26 Å². The van der Waals surface area contributed by atoms with Gasteiger partial charge in [-0.1, -0.05) is 23.7 Å². The van der Waals surface area contributed by atoms with Crippen molar-refractivity contribution in [2.24, 2.45) is 0 Å². The SMILES string of the molecule is N#CC1CCCN1Cc1cccc(F)c1Cl. The molecule has 0 aliphatic carbocycles. The van der Waals surface area contributed by atoms with Crippen LogP contribution in [0.2, 0.25) is 5.02 Å². The lowest BCUT2D eigenvalue weighted by atomic mass is 10.2. The Morgan fingerprint density at radius 2 is 2.38 bits per heavy atom. The molecular formula is C12H12ClFN2. The van der Waals surface area contributed by atoms with Crippen LogP contribution in [0, 0.1) is 17.1 Å². The van der Waals surface area contributed by atoms with Crippen LogP contribution in [0.4, 0.5) is 4.39 Å². The van der Waals surface area contributed by atoms with E-state index in [1.165, 1.54) is 6.07 Å². The highest BCUT2D eigenvalue weighted by atomic mass is 35.5. The summed E-state index contributed by atoms with van der Waals surface area (Å²) in [6.45, 7) is 1.43. The molecule has 1 atom stereocenters. The molecule has 2 nitrogen and oxygen atoms in total. The molecule has 84 valence electrons. The average Bonchev–Trinajstić information content (AvgIpc) is 2.72. The van der Waals surface area contributed by atoms with Crippen molar-refractivity contribution in [2.45, 2.75) is 25.4 Å². The molecule has 1 aromatic carbocycles. The van der Waals surface area contributed by atoms with Gasteiger partial charge in [0.1, 0.15) is 5.82 Å². The van der Waals surface area contributed by atoms with Crippen LogP contribution in [-0.2, 0) is 6.54 Å². The van der Waals surface area contributed by atoms with Crippen molar-refractivity contribution in [2.75, 3.05) is 6.54 Å². The number of benzene rings is 1. The molecule has 1 saturated heterocycles. The summed E-state index contributed by atoms with van der Waals surface area (Å²) in [5.41, 5.74) is 0.754. The Bertz CT molecular complexity index is 428. The monoisotopic (exact) mass is 238 g/mol. The van der Waals surface area contributed by atoms with Crippen molar-refractivity contribution in [3.8, 4) is 6.07 Å². The van der Waals surface area contributed by atoms with E-state index < -0.39 is 5.82 Å². The van der Waals surface area contributed by atoms with Gasteiger partial charge in [0, 0.05) is 6.54 Å². The maximum absolute atomic E-state index is 13.2. The molecule has 2 rings (SSSR count). The molecule has 1 aliphatic rings. The van der Waals surface area contributed by atoms with Gasteiger partial charge < -0.3 is 0 Å². The van der Waals surface area contributed by atoms with Crippen LogP contribution in [-0.4, -0.2) is 17.5 Å². The minimum atomic E-state index is -0.396. The van der Waals surface area contributed by atoms with Crippen LogP contribution < -0.4 is 0 Å². The predicted molar refractivity (Wildman–Crippen MR) is 60.5 cm³/mol. The van der Waals surface area contributed by atoms with Gasteiger partial charge in [-0.25, -0.2) is 4.39 Å². The van der Waals surface area contributed by atoms with Gasteiger partial charge in [-0.15, -0.1) is 0 Å². The predicted octanol–water partition coefficient (Wildman–Crippen LogP) is 2.97. The Morgan fingerprint density at radius 3 is 3.12 bits per heavy atom. The zero-order valence-electron chi connectivity index (χ0n) is 8.79. The van der Waals surface area contributed by atoms with E-state index >= 15 is 0 Å². The molecule has 1 aromatic rings. The molecule has 1 aliphatic heterocycles. The molecule has 0 N–H and O–H groups in total. The summed E-state index contributed by atoms with van der Waals surface area (Å²) >= 11 is 5.88. The van der Waals surface area contributed by atoms with E-state index in [4.69, 9.17) is 16.9 Å². The molecule has 4 heteroatoms. The summed E-state index contributed by atoms with van der Waals surface area (Å²) in [7, 11) is 0. The molecule has 1 fully saturated rings. The van der Waals surface area contributed by atoms with Gasteiger partial charge in [-0.05, 0) is 31.0 Å². The first-order valence-electron chi connectivity index (χ1n) is 5.29. The fourth-order valence-corrected chi connectivity index (χ4v) is 2.24. The number of rotatable bonds is 2. The molecule has 0 bridgehead atoms. The lowest BCUT2D eigenvalue weighted by molar-refractivity contribution is 0.286. The first-order chi connectivity index (χ1) is 7.72. The summed E-state index contributed by atoms with van der Waals surface area (Å²) < 4.78 is 13.2. The van der Waals surface area contributed by atoms with E-state index in [-0.39, 0.29) is 11.1 Å². The van der Waals surface area contributed by atoms with Crippen LogP contribution in [0.15, 0.2) is 18.2 Å². The third kappa shape index (κ3) is 2.18. The van der Waals surface area contributed by atoms with Crippen molar-refractivity contribution in [1.29, 1.82) is 5.26 Å². The fraction of sp³-hybridized carbons (Fsp3) is 0.417. The highest BCUT2D eigenvalue weighted by molar-refractivity contribution is 6.31. The molecular weight excluding hydrogens is 227 g/mol. The summed E-state index contributed by atoms with van der Waals surface area (Å²) in [6, 6.07) is 7.00. The van der Waals surface area contributed by atoms with Gasteiger partial charge in [0.15, 0.2) is 0 Å². The van der Waals surface area contributed by atoms with E-state index in [9.17, 15) is 4.39 Å². The average molecular weight is 239 g/mol. The molecule has 1 unspecified atom stereocenters. The van der Waals surface area contributed by atoms with Crippen LogP contribution in [0.3, 0.4) is 0 Å². The highest BCUT2D eigenvalue weighted by Crippen LogP contribution is 2.25. The van der Waals surface area contributed by atoms with Crippen molar-refractivity contribution in [1.82, 2.24) is 4.90 Å². The standard InChI is InChI=1S/C12H12ClFN2/c13-12-9(3-1-5-11(12)14)8-16-6-2-4-10(16)7-15/h1,3,5,10H,2,4,6,8H2. The van der Waals surface area contributed by atoms with E-state index in [1.807, 2.05) is 4.90 Å². The van der Waals surface area contributed by atoms with E-state index in [2.05, 4.69) is 6.07 Å². The number of nitrogens with zero attached hydrogens (tertiary/aromatic N) is 2. The largest absolute Gasteiger partial charge is 0.284 e. The molecule has 16 heavy (non-hydrogen) atoms. The summed E-state index contributed by atoms with van der Waals surface area (Å²) in [5.74, 6) is -0.396. The zero-order chi connectivity index (χ0) is 11.5. The van der Waals surface area contributed by atoms with Crippen molar-refractivity contribution >= 4 is 11.6 Å². The van der Waals surface area contributed by atoms with Crippen molar-refractivity contribution in [3.05, 3.63) is 34.6 Å². The smallest absolute Gasteiger partial charge is 0.142 e. The van der Waals surface area contributed by atoms with E-state index in [1.54, 1.807) is 12.1 Å². The fourth-order valence-electron chi connectivity index (χ4n) is 2.05. The Labute approximate surface area is 99.2 Å². The van der Waals surface area contributed by atoms with Gasteiger partial charge in [0.2, 0.25) is 0 Å². The molecule has 1 heterocycles. The maximum atomic E-state index is 13.2. The number of hydrogen-bond acceptors (Lipinski definition) is 2. The van der Waals surface area contributed by atoms with Gasteiger partial charge in [0.25, 0.3) is 0 Å². The van der Waals surface area contributed by atoms with E-state index in [0.717, 1.165) is 24.9 Å². The van der Waals surface area contributed by atoms with Crippen molar-refractivity contribution < 1.29 is 4.39 Å². The highest BCUT2D eigenvalue weighted by Gasteiger charge is 2.24. The van der Waals surface area contributed by atoms with Crippen LogP contribution in [0.1, 0.15) is 18.4 Å². The van der Waals surface area contributed by atoms with Gasteiger partial charge >= 0.3 is 0 Å². The molecule has 0 aromatic heterocycles. The molecule has 0 amide bonds. The zero-order valence-corrected chi connectivity index (χ0v) is 9.54.